The minimum absolute atomic E-state index is 0.0210. The Morgan fingerprint density at radius 2 is 2.05 bits per heavy atom. The average Bonchev–Trinajstić information content (AvgIpc) is 3.29. The molecule has 0 amide bonds. The van der Waals surface area contributed by atoms with Crippen molar-refractivity contribution in [3.05, 3.63) is 69.1 Å². The quantitative estimate of drug-likeness (QED) is 0.150. The molecule has 1 aliphatic heterocycles. The number of rotatable bonds is 11. The summed E-state index contributed by atoms with van der Waals surface area (Å²) in [5.74, 6) is 1.41. The molecular weight excluding hydrogens is 575 g/mol. The van der Waals surface area contributed by atoms with E-state index in [2.05, 4.69) is 26.2 Å². The summed E-state index contributed by atoms with van der Waals surface area (Å²) in [7, 11) is 1.53. The second kappa shape index (κ2) is 12.7. The molecule has 0 fully saturated rings. The number of allylic oxidation sites excluding steroid dienone is 1. The topological polar surface area (TPSA) is 87.5 Å². The maximum Gasteiger partial charge on any atom is 0.338 e. The van der Waals surface area contributed by atoms with Gasteiger partial charge in [-0.2, -0.15) is 4.98 Å². The number of thioether (sulfide) groups is 1. The van der Waals surface area contributed by atoms with E-state index in [1.165, 1.54) is 24.9 Å². The molecule has 202 valence electrons. The lowest BCUT2D eigenvalue weighted by atomic mass is 9.95. The minimum Gasteiger partial charge on any atom is -0.493 e. The Balaban J connectivity index is 1.75. The number of carbonyl (C=O) groups excluding carboxylic acids is 1. The normalized spacial score (nSPS) is 14.6. The number of methoxy groups -OCH3 is 1. The summed E-state index contributed by atoms with van der Waals surface area (Å²) in [6.45, 7) is 6.24. The fraction of sp³-hybridized carbons (Fsp3) is 0.370. The number of esters is 1. The van der Waals surface area contributed by atoms with Gasteiger partial charge in [-0.3, -0.25) is 0 Å². The SMILES string of the molecule is CCCCOC(=O)C1=C(C)Nc2nc(SCC)nn2C1c1cc(Br)c(OCc2ccccc2F)c(OC)c1. The number of nitrogens with zero attached hydrogens (tertiary/aromatic N) is 3. The van der Waals surface area contributed by atoms with E-state index in [9.17, 15) is 9.18 Å². The van der Waals surface area contributed by atoms with Crippen molar-refractivity contribution in [3.63, 3.8) is 0 Å². The standard InChI is InChI=1S/C27H30BrFN4O4S/c1-5-7-12-36-25(34)22-16(3)30-26-31-27(38-6-2)32-33(26)23(22)18-13-19(28)24(21(14-18)35-4)37-15-17-10-8-9-11-20(17)29/h8-11,13-14,23H,5-7,12,15H2,1-4H3,(H,30,31,32). The Bertz CT molecular complexity index is 1350. The van der Waals surface area contributed by atoms with Crippen LogP contribution in [0.1, 0.15) is 50.8 Å². The van der Waals surface area contributed by atoms with E-state index in [0.717, 1.165) is 24.2 Å². The molecule has 0 radical (unpaired) electrons. The summed E-state index contributed by atoms with van der Waals surface area (Å²) in [6, 6.07) is 9.47. The highest BCUT2D eigenvalue weighted by molar-refractivity contribution is 9.10. The molecule has 1 unspecified atom stereocenters. The molecule has 1 N–H and O–H groups in total. The van der Waals surface area contributed by atoms with Gasteiger partial charge in [-0.25, -0.2) is 13.9 Å². The van der Waals surface area contributed by atoms with Crippen LogP contribution in [0.2, 0.25) is 0 Å². The molecule has 2 aromatic carbocycles. The van der Waals surface area contributed by atoms with Gasteiger partial charge in [-0.15, -0.1) is 5.10 Å². The van der Waals surface area contributed by atoms with E-state index >= 15 is 0 Å². The molecule has 0 aliphatic carbocycles. The van der Waals surface area contributed by atoms with Gasteiger partial charge >= 0.3 is 5.97 Å². The first kappa shape index (κ1) is 28.0. The molecule has 38 heavy (non-hydrogen) atoms. The van der Waals surface area contributed by atoms with Crippen LogP contribution in [0.3, 0.4) is 0 Å². The van der Waals surface area contributed by atoms with E-state index in [0.29, 0.717) is 50.5 Å². The lowest BCUT2D eigenvalue weighted by Gasteiger charge is -2.29. The van der Waals surface area contributed by atoms with Crippen LogP contribution >= 0.6 is 27.7 Å². The number of unbranched alkanes of at least 4 members (excludes halogenated alkanes) is 1. The predicted molar refractivity (Wildman–Crippen MR) is 148 cm³/mol. The van der Waals surface area contributed by atoms with Crippen molar-refractivity contribution in [2.75, 3.05) is 24.8 Å². The van der Waals surface area contributed by atoms with Gasteiger partial charge in [0.15, 0.2) is 11.5 Å². The highest BCUT2D eigenvalue weighted by Crippen LogP contribution is 2.43. The average molecular weight is 606 g/mol. The first-order chi connectivity index (χ1) is 18.4. The Morgan fingerprint density at radius 1 is 1.26 bits per heavy atom. The lowest BCUT2D eigenvalue weighted by molar-refractivity contribution is -0.139. The third-order valence-electron chi connectivity index (χ3n) is 5.95. The zero-order valence-electron chi connectivity index (χ0n) is 21.7. The van der Waals surface area contributed by atoms with Gasteiger partial charge in [0.1, 0.15) is 18.5 Å². The summed E-state index contributed by atoms with van der Waals surface area (Å²) in [5.41, 5.74) is 2.21. The molecule has 1 atom stereocenters. The molecule has 8 nitrogen and oxygen atoms in total. The first-order valence-electron chi connectivity index (χ1n) is 12.4. The van der Waals surface area contributed by atoms with Crippen molar-refractivity contribution in [1.82, 2.24) is 14.8 Å². The number of ether oxygens (including phenoxy) is 3. The molecule has 0 saturated heterocycles. The van der Waals surface area contributed by atoms with Crippen molar-refractivity contribution in [2.24, 2.45) is 0 Å². The molecule has 4 rings (SSSR count). The van der Waals surface area contributed by atoms with E-state index in [1.54, 1.807) is 28.9 Å². The van der Waals surface area contributed by atoms with Crippen LogP contribution in [0.4, 0.5) is 10.3 Å². The number of fused-ring (bicyclic) bond motifs is 1. The van der Waals surface area contributed by atoms with Gasteiger partial charge in [0, 0.05) is 11.3 Å². The van der Waals surface area contributed by atoms with Crippen LogP contribution in [0, 0.1) is 5.82 Å². The fourth-order valence-corrected chi connectivity index (χ4v) is 5.21. The zero-order chi connectivity index (χ0) is 27.2. The maximum absolute atomic E-state index is 14.2. The van der Waals surface area contributed by atoms with E-state index < -0.39 is 12.0 Å². The molecule has 1 aromatic heterocycles. The van der Waals surface area contributed by atoms with Gasteiger partial charge in [-0.05, 0) is 58.8 Å². The zero-order valence-corrected chi connectivity index (χ0v) is 24.1. The Kier molecular flexibility index (Phi) is 9.32. The summed E-state index contributed by atoms with van der Waals surface area (Å²) in [5, 5.41) is 8.50. The van der Waals surface area contributed by atoms with Crippen LogP contribution in [0.25, 0.3) is 0 Å². The highest BCUT2D eigenvalue weighted by atomic mass is 79.9. The van der Waals surface area contributed by atoms with Crippen LogP contribution < -0.4 is 14.8 Å². The van der Waals surface area contributed by atoms with Crippen molar-refractivity contribution >= 4 is 39.6 Å². The monoisotopic (exact) mass is 604 g/mol. The Morgan fingerprint density at radius 3 is 2.76 bits per heavy atom. The number of hydrogen-bond acceptors (Lipinski definition) is 8. The third-order valence-corrected chi connectivity index (χ3v) is 7.26. The highest BCUT2D eigenvalue weighted by Gasteiger charge is 2.36. The second-order valence-corrected chi connectivity index (χ2v) is 10.7. The van der Waals surface area contributed by atoms with Crippen LogP contribution in [-0.4, -0.2) is 40.2 Å². The molecule has 0 saturated carbocycles. The van der Waals surface area contributed by atoms with Gasteiger partial charge in [-0.1, -0.05) is 50.2 Å². The maximum atomic E-state index is 14.2. The van der Waals surface area contributed by atoms with Crippen molar-refractivity contribution in [2.45, 2.75) is 51.4 Å². The van der Waals surface area contributed by atoms with Gasteiger partial charge in [0.2, 0.25) is 11.1 Å². The van der Waals surface area contributed by atoms with Gasteiger partial charge in [0.25, 0.3) is 0 Å². The smallest absolute Gasteiger partial charge is 0.338 e. The number of aromatic nitrogens is 3. The van der Waals surface area contributed by atoms with Crippen molar-refractivity contribution in [1.29, 1.82) is 0 Å². The van der Waals surface area contributed by atoms with Crippen LogP contribution in [0.15, 0.2) is 57.3 Å². The van der Waals surface area contributed by atoms with E-state index in [-0.39, 0.29) is 12.4 Å². The third kappa shape index (κ3) is 5.99. The minimum atomic E-state index is -0.620. The lowest BCUT2D eigenvalue weighted by Crippen LogP contribution is -2.30. The van der Waals surface area contributed by atoms with E-state index in [1.807, 2.05) is 26.8 Å². The van der Waals surface area contributed by atoms with Crippen molar-refractivity contribution < 1.29 is 23.4 Å². The first-order valence-corrected chi connectivity index (χ1v) is 14.1. The molecule has 0 bridgehead atoms. The number of halogens is 2. The summed E-state index contributed by atoms with van der Waals surface area (Å²) >= 11 is 5.11. The predicted octanol–water partition coefficient (Wildman–Crippen LogP) is 6.51. The van der Waals surface area contributed by atoms with Crippen LogP contribution in [0.5, 0.6) is 11.5 Å². The molecular formula is C27H30BrFN4O4S. The van der Waals surface area contributed by atoms with E-state index in [4.69, 9.17) is 19.3 Å². The largest absolute Gasteiger partial charge is 0.493 e. The fourth-order valence-electron chi connectivity index (χ4n) is 4.08. The van der Waals surface area contributed by atoms with Gasteiger partial charge < -0.3 is 19.5 Å². The molecule has 11 heteroatoms. The van der Waals surface area contributed by atoms with Crippen LogP contribution in [-0.2, 0) is 16.1 Å². The summed E-state index contributed by atoms with van der Waals surface area (Å²) in [6.07, 6.45) is 1.69. The Hall–Kier alpha value is -3.05. The van der Waals surface area contributed by atoms with Crippen molar-refractivity contribution in [3.8, 4) is 11.5 Å². The molecule has 1 aliphatic rings. The number of nitrogens with one attached hydrogen (secondary N) is 1. The number of benzene rings is 2. The van der Waals surface area contributed by atoms with Gasteiger partial charge in [0.05, 0.1) is 23.8 Å². The number of carbonyl (C=O) groups is 1. The second-order valence-electron chi connectivity index (χ2n) is 8.57. The summed E-state index contributed by atoms with van der Waals surface area (Å²) in [4.78, 5) is 17.9. The molecule has 2 heterocycles. The number of hydrogen-bond donors (Lipinski definition) is 1. The molecule has 3 aromatic rings. The number of anilines is 1. The Labute approximate surface area is 234 Å². The summed E-state index contributed by atoms with van der Waals surface area (Å²) < 4.78 is 33.7. The molecule has 0 spiro atoms.